The molecule has 1 N–H and O–H groups in total. The first-order chi connectivity index (χ1) is 14.5. The summed E-state index contributed by atoms with van der Waals surface area (Å²) < 4.78 is 27.9. The van der Waals surface area contributed by atoms with E-state index in [9.17, 15) is 8.42 Å². The Morgan fingerprint density at radius 1 is 0.800 bits per heavy atom. The minimum absolute atomic E-state index is 0.169. The summed E-state index contributed by atoms with van der Waals surface area (Å²) in [5, 5.41) is 0. The minimum atomic E-state index is -3.61. The van der Waals surface area contributed by atoms with Crippen LogP contribution in [0.25, 0.3) is 22.4 Å². The van der Waals surface area contributed by atoms with Gasteiger partial charge >= 0.3 is 0 Å². The van der Waals surface area contributed by atoms with Crippen LogP contribution in [-0.4, -0.2) is 18.4 Å². The Morgan fingerprint density at radius 3 is 2.10 bits per heavy atom. The molecule has 0 saturated heterocycles. The third-order valence-electron chi connectivity index (χ3n) is 4.80. The van der Waals surface area contributed by atoms with Crippen molar-refractivity contribution in [2.45, 2.75) is 18.4 Å². The third kappa shape index (κ3) is 4.62. The van der Waals surface area contributed by atoms with E-state index in [4.69, 9.17) is 0 Å². The van der Waals surface area contributed by atoms with E-state index in [0.717, 1.165) is 27.9 Å². The number of nitrogens with zero attached hydrogens (tertiary/aromatic N) is 2. The summed E-state index contributed by atoms with van der Waals surface area (Å²) in [6.07, 6.45) is 5.12. The maximum atomic E-state index is 12.6. The topological polar surface area (TPSA) is 72.0 Å². The van der Waals surface area contributed by atoms with Crippen LogP contribution in [0, 0.1) is 6.92 Å². The Morgan fingerprint density at radius 2 is 1.50 bits per heavy atom. The third-order valence-corrected chi connectivity index (χ3v) is 6.22. The zero-order valence-electron chi connectivity index (χ0n) is 16.5. The maximum Gasteiger partial charge on any atom is 0.240 e. The van der Waals surface area contributed by atoms with Gasteiger partial charge in [0.05, 0.1) is 10.6 Å². The fourth-order valence-electron chi connectivity index (χ4n) is 3.05. The quantitative estimate of drug-likeness (QED) is 0.500. The first-order valence-corrected chi connectivity index (χ1v) is 11.0. The zero-order chi connectivity index (χ0) is 21.0. The standard InChI is InChI=1S/C24H21N3O2S/c1-18-4-7-20(8-5-18)21-9-11-23(12-10-21)30(28,29)27-16-19-6-13-24(26-15-19)22-3-2-14-25-17-22/h2-15,17,27H,16H2,1H3. The molecule has 0 aliphatic rings. The predicted octanol–water partition coefficient (Wildman–Crippen LogP) is 4.60. The number of aromatic nitrogens is 2. The van der Waals surface area contributed by atoms with Gasteiger partial charge in [-0.1, -0.05) is 48.0 Å². The molecule has 0 radical (unpaired) electrons. The highest BCUT2D eigenvalue weighted by molar-refractivity contribution is 7.89. The molecule has 4 rings (SSSR count). The van der Waals surface area contributed by atoms with Crippen molar-refractivity contribution in [1.82, 2.24) is 14.7 Å². The van der Waals surface area contributed by atoms with Gasteiger partial charge in [0.15, 0.2) is 0 Å². The van der Waals surface area contributed by atoms with Crippen LogP contribution < -0.4 is 4.72 Å². The van der Waals surface area contributed by atoms with Crippen LogP contribution in [0.5, 0.6) is 0 Å². The first-order valence-electron chi connectivity index (χ1n) is 9.53. The molecule has 5 nitrogen and oxygen atoms in total. The number of aryl methyl sites for hydroxylation is 1. The summed E-state index contributed by atoms with van der Waals surface area (Å²) in [5.74, 6) is 0. The van der Waals surface area contributed by atoms with Crippen LogP contribution in [0.1, 0.15) is 11.1 Å². The SMILES string of the molecule is Cc1ccc(-c2ccc(S(=O)(=O)NCc3ccc(-c4cccnc4)nc3)cc2)cc1. The number of hydrogen-bond donors (Lipinski definition) is 1. The zero-order valence-corrected chi connectivity index (χ0v) is 17.3. The molecule has 2 heterocycles. The fourth-order valence-corrected chi connectivity index (χ4v) is 4.07. The normalized spacial score (nSPS) is 11.4. The van der Waals surface area contributed by atoms with E-state index in [1.54, 1.807) is 30.7 Å². The van der Waals surface area contributed by atoms with Crippen molar-refractivity contribution in [3.8, 4) is 22.4 Å². The summed E-state index contributed by atoms with van der Waals surface area (Å²) in [6, 6.07) is 22.5. The van der Waals surface area contributed by atoms with Gasteiger partial charge in [0.1, 0.15) is 0 Å². The van der Waals surface area contributed by atoms with Gasteiger partial charge in [-0.05, 0) is 53.9 Å². The molecule has 0 amide bonds. The van der Waals surface area contributed by atoms with Crippen LogP contribution in [0.2, 0.25) is 0 Å². The van der Waals surface area contributed by atoms with Gasteiger partial charge in [-0.15, -0.1) is 0 Å². The summed E-state index contributed by atoms with van der Waals surface area (Å²) in [7, 11) is -3.61. The van der Waals surface area contributed by atoms with Gasteiger partial charge in [-0.25, -0.2) is 13.1 Å². The highest BCUT2D eigenvalue weighted by Crippen LogP contribution is 2.22. The van der Waals surface area contributed by atoms with Crippen LogP contribution in [0.4, 0.5) is 0 Å². The van der Waals surface area contributed by atoms with Crippen molar-refractivity contribution in [1.29, 1.82) is 0 Å². The number of benzene rings is 2. The molecule has 0 atom stereocenters. The van der Waals surface area contributed by atoms with E-state index >= 15 is 0 Å². The van der Waals surface area contributed by atoms with Crippen LogP contribution in [-0.2, 0) is 16.6 Å². The van der Waals surface area contributed by atoms with Crippen LogP contribution in [0.15, 0.2) is 96.3 Å². The van der Waals surface area contributed by atoms with Gasteiger partial charge in [-0.2, -0.15) is 0 Å². The number of rotatable bonds is 6. The Bertz CT molecular complexity index is 1220. The second kappa shape index (κ2) is 8.57. The molecular weight excluding hydrogens is 394 g/mol. The van der Waals surface area contributed by atoms with Gasteiger partial charge in [0.25, 0.3) is 0 Å². The molecule has 0 fully saturated rings. The molecule has 0 aliphatic heterocycles. The molecule has 0 aliphatic carbocycles. The Labute approximate surface area is 176 Å². The van der Waals surface area contributed by atoms with Gasteiger partial charge in [0.2, 0.25) is 10.0 Å². The molecule has 4 aromatic rings. The molecule has 30 heavy (non-hydrogen) atoms. The van der Waals surface area contributed by atoms with E-state index in [1.165, 1.54) is 5.56 Å². The van der Waals surface area contributed by atoms with E-state index < -0.39 is 10.0 Å². The monoisotopic (exact) mass is 415 g/mol. The van der Waals surface area contributed by atoms with E-state index in [0.29, 0.717) is 0 Å². The number of pyridine rings is 2. The molecule has 2 aromatic heterocycles. The van der Waals surface area contributed by atoms with E-state index in [1.807, 2.05) is 67.6 Å². The Hall–Kier alpha value is -3.35. The van der Waals surface area contributed by atoms with Crippen molar-refractivity contribution in [2.24, 2.45) is 0 Å². The fraction of sp³-hybridized carbons (Fsp3) is 0.0833. The number of nitrogens with one attached hydrogen (secondary N) is 1. The highest BCUT2D eigenvalue weighted by atomic mass is 32.2. The van der Waals surface area contributed by atoms with Crippen molar-refractivity contribution < 1.29 is 8.42 Å². The molecule has 0 unspecified atom stereocenters. The second-order valence-electron chi connectivity index (χ2n) is 7.01. The first kappa shape index (κ1) is 19.9. The smallest absolute Gasteiger partial charge is 0.240 e. The maximum absolute atomic E-state index is 12.6. The lowest BCUT2D eigenvalue weighted by molar-refractivity contribution is 0.581. The van der Waals surface area contributed by atoms with Crippen molar-refractivity contribution >= 4 is 10.0 Å². The number of hydrogen-bond acceptors (Lipinski definition) is 4. The average molecular weight is 416 g/mol. The Kier molecular flexibility index (Phi) is 5.70. The second-order valence-corrected chi connectivity index (χ2v) is 8.78. The molecule has 0 spiro atoms. The molecule has 0 saturated carbocycles. The molecular formula is C24H21N3O2S. The van der Waals surface area contributed by atoms with Crippen LogP contribution in [0.3, 0.4) is 0 Å². The molecule has 6 heteroatoms. The lowest BCUT2D eigenvalue weighted by Gasteiger charge is -2.09. The molecule has 0 bridgehead atoms. The van der Waals surface area contributed by atoms with E-state index in [2.05, 4.69) is 14.7 Å². The average Bonchev–Trinajstić information content (AvgIpc) is 2.79. The summed E-state index contributed by atoms with van der Waals surface area (Å²) >= 11 is 0. The van der Waals surface area contributed by atoms with Gasteiger partial charge in [0, 0.05) is 30.7 Å². The van der Waals surface area contributed by atoms with E-state index in [-0.39, 0.29) is 11.4 Å². The largest absolute Gasteiger partial charge is 0.264 e. The summed E-state index contributed by atoms with van der Waals surface area (Å²) in [6.45, 7) is 2.20. The molecule has 2 aromatic carbocycles. The number of sulfonamides is 1. The van der Waals surface area contributed by atoms with Crippen molar-refractivity contribution in [3.63, 3.8) is 0 Å². The van der Waals surface area contributed by atoms with Crippen LogP contribution >= 0.6 is 0 Å². The van der Waals surface area contributed by atoms with Gasteiger partial charge < -0.3 is 0 Å². The predicted molar refractivity (Wildman–Crippen MR) is 118 cm³/mol. The highest BCUT2D eigenvalue weighted by Gasteiger charge is 2.14. The summed E-state index contributed by atoms with van der Waals surface area (Å²) in [4.78, 5) is 8.72. The summed E-state index contributed by atoms with van der Waals surface area (Å²) in [5.41, 5.74) is 5.70. The minimum Gasteiger partial charge on any atom is -0.264 e. The molecule has 150 valence electrons. The lowest BCUT2D eigenvalue weighted by Crippen LogP contribution is -2.23. The lowest BCUT2D eigenvalue weighted by atomic mass is 10.0. The van der Waals surface area contributed by atoms with Gasteiger partial charge in [-0.3, -0.25) is 9.97 Å². The van der Waals surface area contributed by atoms with Crippen molar-refractivity contribution in [3.05, 3.63) is 103 Å². The van der Waals surface area contributed by atoms with Crippen molar-refractivity contribution in [2.75, 3.05) is 0 Å². The Balaban J connectivity index is 1.43.